The van der Waals surface area contributed by atoms with Crippen molar-refractivity contribution >= 4 is 11.8 Å². The molecular weight excluding hydrogens is 370 g/mol. The molecule has 1 aliphatic carbocycles. The van der Waals surface area contributed by atoms with Gasteiger partial charge in [0.25, 0.3) is 5.91 Å². The zero-order valence-electron chi connectivity index (χ0n) is 16.7. The van der Waals surface area contributed by atoms with Crippen LogP contribution in [0.3, 0.4) is 0 Å². The van der Waals surface area contributed by atoms with Gasteiger partial charge in [-0.05, 0) is 62.1 Å². The number of amides is 2. The fraction of sp³-hybridized carbons (Fsp3) is 0.409. The fourth-order valence-electron chi connectivity index (χ4n) is 3.64. The molecule has 0 saturated heterocycles. The van der Waals surface area contributed by atoms with Gasteiger partial charge in [0, 0.05) is 17.7 Å². The summed E-state index contributed by atoms with van der Waals surface area (Å²) in [5.74, 6) is 0.102. The lowest BCUT2D eigenvalue weighted by Crippen LogP contribution is -2.49. The van der Waals surface area contributed by atoms with Crippen LogP contribution in [0, 0.1) is 12.8 Å². The minimum atomic E-state index is -0.668. The Morgan fingerprint density at radius 1 is 1.24 bits per heavy atom. The Morgan fingerprint density at radius 2 is 2.07 bits per heavy atom. The molecule has 1 saturated carbocycles. The number of aliphatic hydroxyl groups excluding tert-OH is 1. The number of aromatic nitrogens is 1. The highest BCUT2D eigenvalue weighted by Gasteiger charge is 2.34. The van der Waals surface area contributed by atoms with E-state index >= 15 is 0 Å². The maximum atomic E-state index is 12.6. The van der Waals surface area contributed by atoms with Gasteiger partial charge in [0.1, 0.15) is 5.75 Å². The van der Waals surface area contributed by atoms with Crippen LogP contribution in [0.4, 0.5) is 0 Å². The van der Waals surface area contributed by atoms with Gasteiger partial charge in [-0.2, -0.15) is 0 Å². The van der Waals surface area contributed by atoms with Crippen molar-refractivity contribution in [1.82, 2.24) is 15.6 Å². The zero-order chi connectivity index (χ0) is 20.8. The number of nitrogens with zero attached hydrogens (tertiary/aromatic N) is 1. The molecule has 2 aromatic rings. The molecule has 1 aromatic carbocycles. The van der Waals surface area contributed by atoms with Crippen LogP contribution >= 0.6 is 0 Å². The third-order valence-electron chi connectivity index (χ3n) is 5.33. The number of hydrogen-bond donors (Lipinski definition) is 3. The summed E-state index contributed by atoms with van der Waals surface area (Å²) in [6, 6.07) is 10.3. The van der Waals surface area contributed by atoms with E-state index in [9.17, 15) is 14.7 Å². The predicted octanol–water partition coefficient (Wildman–Crippen LogP) is 1.97. The first-order chi connectivity index (χ1) is 14.0. The van der Waals surface area contributed by atoms with E-state index < -0.39 is 12.1 Å². The molecule has 1 aliphatic rings. The first kappa shape index (κ1) is 20.8. The second-order valence-electron chi connectivity index (χ2n) is 7.38. The van der Waals surface area contributed by atoms with E-state index in [1.807, 2.05) is 25.1 Å². The van der Waals surface area contributed by atoms with Gasteiger partial charge in [-0.15, -0.1) is 0 Å². The largest absolute Gasteiger partial charge is 0.496 e. The molecule has 3 rings (SSSR count). The van der Waals surface area contributed by atoms with Crippen molar-refractivity contribution in [1.29, 1.82) is 0 Å². The zero-order valence-corrected chi connectivity index (χ0v) is 16.7. The van der Waals surface area contributed by atoms with E-state index in [-0.39, 0.29) is 17.7 Å². The summed E-state index contributed by atoms with van der Waals surface area (Å²) in [5, 5.41) is 16.1. The number of carbonyl (C=O) groups is 2. The van der Waals surface area contributed by atoms with Gasteiger partial charge in [0.2, 0.25) is 5.91 Å². The summed E-state index contributed by atoms with van der Waals surface area (Å²) >= 11 is 0. The summed E-state index contributed by atoms with van der Waals surface area (Å²) in [6.07, 6.45) is 2.47. The average molecular weight is 397 g/mol. The third-order valence-corrected chi connectivity index (χ3v) is 5.33. The van der Waals surface area contributed by atoms with Crippen LogP contribution in [-0.4, -0.2) is 41.2 Å². The summed E-state index contributed by atoms with van der Waals surface area (Å²) in [7, 11) is 1.58. The highest BCUT2D eigenvalue weighted by Crippen LogP contribution is 2.26. The predicted molar refractivity (Wildman–Crippen MR) is 108 cm³/mol. The highest BCUT2D eigenvalue weighted by atomic mass is 16.5. The summed E-state index contributed by atoms with van der Waals surface area (Å²) in [5.41, 5.74) is 2.14. The van der Waals surface area contributed by atoms with E-state index in [1.54, 1.807) is 31.5 Å². The molecule has 0 spiro atoms. The average Bonchev–Trinajstić information content (AvgIpc) is 2.74. The number of hydrogen-bond acceptors (Lipinski definition) is 5. The SMILES string of the molecule is COc1ccc(C(=O)N[C@@H]2C[C@@H](C(=O)NCc3ccccn3)CC[C@H]2O)cc1C. The van der Waals surface area contributed by atoms with Gasteiger partial charge in [0.15, 0.2) is 0 Å². The first-order valence-corrected chi connectivity index (χ1v) is 9.79. The number of ether oxygens (including phenoxy) is 1. The molecule has 7 nitrogen and oxygen atoms in total. The van der Waals surface area contributed by atoms with Crippen LogP contribution in [-0.2, 0) is 11.3 Å². The Morgan fingerprint density at radius 3 is 2.76 bits per heavy atom. The second-order valence-corrected chi connectivity index (χ2v) is 7.38. The summed E-state index contributed by atoms with van der Waals surface area (Å²) < 4.78 is 5.22. The van der Waals surface area contributed by atoms with Crippen molar-refractivity contribution in [2.45, 2.75) is 44.9 Å². The van der Waals surface area contributed by atoms with Crippen LogP contribution in [0.25, 0.3) is 0 Å². The van der Waals surface area contributed by atoms with Gasteiger partial charge in [-0.1, -0.05) is 6.07 Å². The molecule has 154 valence electrons. The molecule has 1 aromatic heterocycles. The van der Waals surface area contributed by atoms with Crippen molar-refractivity contribution in [2.75, 3.05) is 7.11 Å². The van der Waals surface area contributed by atoms with Gasteiger partial charge < -0.3 is 20.5 Å². The molecule has 1 fully saturated rings. The van der Waals surface area contributed by atoms with Crippen molar-refractivity contribution in [3.8, 4) is 5.75 Å². The van der Waals surface area contributed by atoms with E-state index in [4.69, 9.17) is 4.74 Å². The van der Waals surface area contributed by atoms with Crippen LogP contribution in [0.5, 0.6) is 5.75 Å². The van der Waals surface area contributed by atoms with Crippen molar-refractivity contribution in [2.24, 2.45) is 5.92 Å². The van der Waals surface area contributed by atoms with Crippen molar-refractivity contribution in [3.63, 3.8) is 0 Å². The lowest BCUT2D eigenvalue weighted by molar-refractivity contribution is -0.127. The normalized spacial score (nSPS) is 21.3. The Kier molecular flexibility index (Phi) is 6.82. The number of rotatable bonds is 6. The van der Waals surface area contributed by atoms with E-state index in [2.05, 4.69) is 15.6 Å². The van der Waals surface area contributed by atoms with Gasteiger partial charge in [-0.3, -0.25) is 14.6 Å². The van der Waals surface area contributed by atoms with Crippen molar-refractivity contribution in [3.05, 3.63) is 59.4 Å². The standard InChI is InChI=1S/C22H27N3O4/c1-14-11-15(7-9-20(14)29-2)22(28)25-18-12-16(6-8-19(18)26)21(27)24-13-17-5-3-4-10-23-17/h3-5,7,9-11,16,18-19,26H,6,8,12-13H2,1-2H3,(H,24,27)(H,25,28)/t16-,18+,19+/m0/s1. The molecule has 0 bridgehead atoms. The summed E-state index contributed by atoms with van der Waals surface area (Å²) in [6.45, 7) is 2.23. The summed E-state index contributed by atoms with van der Waals surface area (Å²) in [4.78, 5) is 29.4. The molecular formula is C22H27N3O4. The molecule has 29 heavy (non-hydrogen) atoms. The molecule has 3 atom stereocenters. The number of pyridine rings is 1. The quantitative estimate of drug-likeness (QED) is 0.692. The van der Waals surface area contributed by atoms with E-state index in [1.165, 1.54) is 0 Å². The first-order valence-electron chi connectivity index (χ1n) is 9.79. The monoisotopic (exact) mass is 397 g/mol. The minimum Gasteiger partial charge on any atom is -0.496 e. The second kappa shape index (κ2) is 9.52. The fourth-order valence-corrected chi connectivity index (χ4v) is 3.64. The molecule has 7 heteroatoms. The van der Waals surface area contributed by atoms with Gasteiger partial charge >= 0.3 is 0 Å². The number of carbonyl (C=O) groups excluding carboxylic acids is 2. The number of nitrogens with one attached hydrogen (secondary N) is 2. The Balaban J connectivity index is 1.58. The molecule has 2 amide bonds. The minimum absolute atomic E-state index is 0.0814. The number of benzene rings is 1. The number of aliphatic hydroxyl groups is 1. The lowest BCUT2D eigenvalue weighted by Gasteiger charge is -2.33. The Bertz CT molecular complexity index is 856. The van der Waals surface area contributed by atoms with Crippen molar-refractivity contribution < 1.29 is 19.4 Å². The smallest absolute Gasteiger partial charge is 0.251 e. The molecule has 1 heterocycles. The van der Waals surface area contributed by atoms with Crippen LogP contribution in [0.15, 0.2) is 42.6 Å². The lowest BCUT2D eigenvalue weighted by atomic mass is 9.83. The number of aryl methyl sites for hydroxylation is 1. The molecule has 0 radical (unpaired) electrons. The Hall–Kier alpha value is -2.93. The van der Waals surface area contributed by atoms with Crippen LogP contribution in [0.1, 0.15) is 40.9 Å². The van der Waals surface area contributed by atoms with E-state index in [0.717, 1.165) is 11.3 Å². The highest BCUT2D eigenvalue weighted by molar-refractivity contribution is 5.95. The van der Waals surface area contributed by atoms with Gasteiger partial charge in [-0.25, -0.2) is 0 Å². The van der Waals surface area contributed by atoms with Crippen LogP contribution < -0.4 is 15.4 Å². The van der Waals surface area contributed by atoms with E-state index in [0.29, 0.717) is 37.1 Å². The topological polar surface area (TPSA) is 101 Å². The van der Waals surface area contributed by atoms with Gasteiger partial charge in [0.05, 0.1) is 31.5 Å². The third kappa shape index (κ3) is 5.32. The maximum absolute atomic E-state index is 12.6. The maximum Gasteiger partial charge on any atom is 0.251 e. The molecule has 0 aliphatic heterocycles. The Labute approximate surface area is 170 Å². The molecule has 0 unspecified atom stereocenters. The van der Waals surface area contributed by atoms with Crippen LogP contribution in [0.2, 0.25) is 0 Å². The number of methoxy groups -OCH3 is 1. The molecule has 3 N–H and O–H groups in total.